The zero-order valence-electron chi connectivity index (χ0n) is 16.9. The number of para-hydroxylation sites is 1. The van der Waals surface area contributed by atoms with Crippen molar-refractivity contribution in [3.8, 4) is 0 Å². The Labute approximate surface area is 181 Å². The minimum absolute atomic E-state index is 0.0448. The minimum Gasteiger partial charge on any atom is -0.341 e. The highest BCUT2D eigenvalue weighted by atomic mass is 35.5. The third-order valence-electron chi connectivity index (χ3n) is 6.28. The Morgan fingerprint density at radius 1 is 1.03 bits per heavy atom. The summed E-state index contributed by atoms with van der Waals surface area (Å²) >= 11 is 6.20. The second-order valence-corrected chi connectivity index (χ2v) is 8.65. The molecule has 3 heterocycles. The van der Waals surface area contributed by atoms with E-state index in [2.05, 4.69) is 9.88 Å². The third kappa shape index (κ3) is 3.74. The summed E-state index contributed by atoms with van der Waals surface area (Å²) in [5.41, 5.74) is 3.19. The van der Waals surface area contributed by atoms with Gasteiger partial charge in [-0.1, -0.05) is 29.8 Å². The minimum atomic E-state index is 0.0448. The Bertz CT molecular complexity index is 1080. The molecule has 30 heavy (non-hydrogen) atoms. The predicted octanol–water partition coefficient (Wildman–Crippen LogP) is 4.87. The molecule has 0 aliphatic carbocycles. The monoisotopic (exact) mass is 420 g/mol. The van der Waals surface area contributed by atoms with E-state index in [1.165, 1.54) is 5.56 Å². The SMILES string of the molecule is O=C(C1CCN(c2ncc3ccccc3n2)CC1)N1CCCCc2cc(Cl)ccc21. The molecule has 0 N–H and O–H groups in total. The summed E-state index contributed by atoms with van der Waals surface area (Å²) < 4.78 is 0. The fraction of sp³-hybridized carbons (Fsp3) is 0.375. The Hall–Kier alpha value is -2.66. The van der Waals surface area contributed by atoms with Crippen LogP contribution < -0.4 is 9.80 Å². The van der Waals surface area contributed by atoms with Crippen molar-refractivity contribution in [2.24, 2.45) is 5.92 Å². The molecule has 1 saturated heterocycles. The zero-order chi connectivity index (χ0) is 20.5. The topological polar surface area (TPSA) is 49.3 Å². The van der Waals surface area contributed by atoms with Crippen molar-refractivity contribution in [2.45, 2.75) is 32.1 Å². The molecule has 5 nitrogen and oxygen atoms in total. The molecule has 6 heteroatoms. The van der Waals surface area contributed by atoms with Gasteiger partial charge in [0.1, 0.15) is 0 Å². The lowest BCUT2D eigenvalue weighted by atomic mass is 9.95. The molecule has 3 aromatic rings. The number of piperidine rings is 1. The Kier molecular flexibility index (Phi) is 5.30. The number of benzene rings is 2. The summed E-state index contributed by atoms with van der Waals surface area (Å²) in [5.74, 6) is 1.05. The van der Waals surface area contributed by atoms with Crippen LogP contribution in [0.15, 0.2) is 48.7 Å². The molecular formula is C24H25ClN4O. The van der Waals surface area contributed by atoms with Gasteiger partial charge in [0.25, 0.3) is 0 Å². The van der Waals surface area contributed by atoms with Crippen LogP contribution in [0.2, 0.25) is 5.02 Å². The van der Waals surface area contributed by atoms with Gasteiger partial charge in [0, 0.05) is 47.8 Å². The number of hydrogen-bond donors (Lipinski definition) is 0. The summed E-state index contributed by atoms with van der Waals surface area (Å²) in [5, 5.41) is 1.79. The van der Waals surface area contributed by atoms with Crippen LogP contribution in [0.4, 0.5) is 11.6 Å². The Balaban J connectivity index is 1.30. The summed E-state index contributed by atoms with van der Waals surface area (Å²) in [7, 11) is 0. The van der Waals surface area contributed by atoms with Crippen LogP contribution >= 0.6 is 11.6 Å². The van der Waals surface area contributed by atoms with E-state index in [1.807, 2.05) is 53.6 Å². The van der Waals surface area contributed by atoms with Crippen LogP contribution in [0.1, 0.15) is 31.2 Å². The lowest BCUT2D eigenvalue weighted by Crippen LogP contribution is -2.43. The number of aromatic nitrogens is 2. The average Bonchev–Trinajstić information content (AvgIpc) is 3.00. The van der Waals surface area contributed by atoms with Gasteiger partial charge in [-0.05, 0) is 61.9 Å². The molecule has 1 fully saturated rings. The predicted molar refractivity (Wildman–Crippen MR) is 121 cm³/mol. The normalized spacial score (nSPS) is 17.6. The maximum atomic E-state index is 13.4. The molecule has 2 aliphatic rings. The van der Waals surface area contributed by atoms with Crippen molar-refractivity contribution in [2.75, 3.05) is 29.4 Å². The van der Waals surface area contributed by atoms with E-state index in [0.717, 1.165) is 79.3 Å². The van der Waals surface area contributed by atoms with Crippen molar-refractivity contribution in [3.63, 3.8) is 0 Å². The van der Waals surface area contributed by atoms with Gasteiger partial charge in [-0.15, -0.1) is 0 Å². The first-order valence-corrected chi connectivity index (χ1v) is 11.1. The molecule has 1 amide bonds. The van der Waals surface area contributed by atoms with Gasteiger partial charge in [0.15, 0.2) is 0 Å². The Morgan fingerprint density at radius 2 is 1.87 bits per heavy atom. The average molecular weight is 421 g/mol. The fourth-order valence-corrected chi connectivity index (χ4v) is 4.81. The summed E-state index contributed by atoms with van der Waals surface area (Å²) in [4.78, 5) is 26.9. The smallest absolute Gasteiger partial charge is 0.230 e. The first-order valence-electron chi connectivity index (χ1n) is 10.8. The highest BCUT2D eigenvalue weighted by Gasteiger charge is 2.31. The molecule has 2 aliphatic heterocycles. The largest absolute Gasteiger partial charge is 0.341 e. The number of amides is 1. The van der Waals surface area contributed by atoms with E-state index < -0.39 is 0 Å². The van der Waals surface area contributed by atoms with Gasteiger partial charge >= 0.3 is 0 Å². The van der Waals surface area contributed by atoms with E-state index in [1.54, 1.807) is 0 Å². The molecule has 154 valence electrons. The van der Waals surface area contributed by atoms with E-state index in [4.69, 9.17) is 16.6 Å². The Morgan fingerprint density at radius 3 is 2.73 bits per heavy atom. The van der Waals surface area contributed by atoms with E-state index >= 15 is 0 Å². The van der Waals surface area contributed by atoms with Crippen molar-refractivity contribution in [1.82, 2.24) is 9.97 Å². The maximum absolute atomic E-state index is 13.4. The number of nitrogens with zero attached hydrogens (tertiary/aromatic N) is 4. The quantitative estimate of drug-likeness (QED) is 0.593. The number of rotatable bonds is 2. The maximum Gasteiger partial charge on any atom is 0.230 e. The van der Waals surface area contributed by atoms with E-state index in [-0.39, 0.29) is 11.8 Å². The lowest BCUT2D eigenvalue weighted by molar-refractivity contribution is -0.123. The van der Waals surface area contributed by atoms with Crippen LogP contribution in [-0.4, -0.2) is 35.5 Å². The van der Waals surface area contributed by atoms with Gasteiger partial charge < -0.3 is 9.80 Å². The molecule has 0 spiro atoms. The van der Waals surface area contributed by atoms with Gasteiger partial charge in [-0.2, -0.15) is 0 Å². The number of carbonyl (C=O) groups excluding carboxylic acids is 1. The van der Waals surface area contributed by atoms with Crippen LogP contribution in [0.5, 0.6) is 0 Å². The number of halogens is 1. The molecule has 0 radical (unpaired) electrons. The third-order valence-corrected chi connectivity index (χ3v) is 6.51. The van der Waals surface area contributed by atoms with Gasteiger partial charge in [0.05, 0.1) is 5.52 Å². The molecule has 2 aromatic carbocycles. The summed E-state index contributed by atoms with van der Waals surface area (Å²) in [6, 6.07) is 14.0. The van der Waals surface area contributed by atoms with E-state index in [9.17, 15) is 4.79 Å². The van der Waals surface area contributed by atoms with Gasteiger partial charge in [-0.25, -0.2) is 9.97 Å². The summed E-state index contributed by atoms with van der Waals surface area (Å²) in [6.07, 6.45) is 6.64. The highest BCUT2D eigenvalue weighted by molar-refractivity contribution is 6.30. The van der Waals surface area contributed by atoms with E-state index in [0.29, 0.717) is 0 Å². The number of carbonyl (C=O) groups is 1. The highest BCUT2D eigenvalue weighted by Crippen LogP contribution is 2.32. The van der Waals surface area contributed by atoms with Crippen molar-refractivity contribution in [3.05, 3.63) is 59.2 Å². The summed E-state index contributed by atoms with van der Waals surface area (Å²) in [6.45, 7) is 2.40. The second-order valence-electron chi connectivity index (χ2n) is 8.21. The molecule has 0 unspecified atom stereocenters. The molecule has 5 rings (SSSR count). The first-order chi connectivity index (χ1) is 14.7. The van der Waals surface area contributed by atoms with Crippen molar-refractivity contribution >= 4 is 40.0 Å². The number of anilines is 2. The molecular weight excluding hydrogens is 396 g/mol. The zero-order valence-corrected chi connectivity index (χ0v) is 17.7. The standard InChI is InChI=1S/C24H25ClN4O/c25-20-8-9-22-18(15-20)5-3-4-12-29(22)23(30)17-10-13-28(14-11-17)24-26-16-19-6-1-2-7-21(19)27-24/h1-2,6-9,15-17H,3-5,10-14H2. The molecule has 0 saturated carbocycles. The molecule has 0 atom stereocenters. The van der Waals surface area contributed by atoms with Crippen LogP contribution in [-0.2, 0) is 11.2 Å². The van der Waals surface area contributed by atoms with Crippen molar-refractivity contribution < 1.29 is 4.79 Å². The van der Waals surface area contributed by atoms with Gasteiger partial charge in [-0.3, -0.25) is 4.79 Å². The fourth-order valence-electron chi connectivity index (χ4n) is 4.61. The lowest BCUT2D eigenvalue weighted by Gasteiger charge is -2.34. The first kappa shape index (κ1) is 19.3. The van der Waals surface area contributed by atoms with Crippen LogP contribution in [0.25, 0.3) is 10.9 Å². The number of fused-ring (bicyclic) bond motifs is 2. The number of hydrogen-bond acceptors (Lipinski definition) is 4. The van der Waals surface area contributed by atoms with Crippen LogP contribution in [0, 0.1) is 5.92 Å². The molecule has 0 bridgehead atoms. The number of aryl methyl sites for hydroxylation is 1. The van der Waals surface area contributed by atoms with Gasteiger partial charge in [0.2, 0.25) is 11.9 Å². The molecule has 1 aromatic heterocycles. The van der Waals surface area contributed by atoms with Crippen LogP contribution in [0.3, 0.4) is 0 Å². The van der Waals surface area contributed by atoms with Crippen molar-refractivity contribution in [1.29, 1.82) is 0 Å². The second kappa shape index (κ2) is 8.23.